The Hall–Kier alpha value is -2.69. The number of benzene rings is 1. The maximum Gasteiger partial charge on any atom is 0.227 e. The first-order valence-corrected chi connectivity index (χ1v) is 8.53. The molecule has 1 aromatic heterocycles. The van der Waals surface area contributed by atoms with Crippen molar-refractivity contribution in [2.24, 2.45) is 5.10 Å². The fourth-order valence-corrected chi connectivity index (χ4v) is 2.11. The molecule has 5 heteroatoms. The summed E-state index contributed by atoms with van der Waals surface area (Å²) in [6.45, 7) is 12.5. The van der Waals surface area contributed by atoms with Crippen molar-refractivity contribution in [3.63, 3.8) is 0 Å². The standard InChI is InChI=1S/C20H27N5/c1-6-15(2)25-22-14-12-18-11-13-21-19(24-18)23-17-9-7-16(8-10-17)20(3,4)5/h7-11,13-14,25H,2,6,12H2,1,3-5H3,(H,21,23,24)/b22-14-. The quantitative estimate of drug-likeness (QED) is 0.574. The zero-order valence-electron chi connectivity index (χ0n) is 15.5. The van der Waals surface area contributed by atoms with Crippen molar-refractivity contribution in [3.8, 4) is 0 Å². The van der Waals surface area contributed by atoms with Gasteiger partial charge in [0, 0.05) is 30.2 Å². The first-order chi connectivity index (χ1) is 11.9. The molecule has 1 aromatic carbocycles. The minimum Gasteiger partial charge on any atom is -0.324 e. The van der Waals surface area contributed by atoms with Crippen LogP contribution < -0.4 is 10.7 Å². The number of hydrogen-bond donors (Lipinski definition) is 2. The lowest BCUT2D eigenvalue weighted by Gasteiger charge is -2.19. The maximum absolute atomic E-state index is 4.51. The van der Waals surface area contributed by atoms with Gasteiger partial charge in [-0.3, -0.25) is 5.43 Å². The van der Waals surface area contributed by atoms with Gasteiger partial charge in [0.2, 0.25) is 5.95 Å². The maximum atomic E-state index is 4.51. The van der Waals surface area contributed by atoms with Gasteiger partial charge in [-0.05, 0) is 35.6 Å². The molecule has 0 aliphatic carbocycles. The largest absolute Gasteiger partial charge is 0.324 e. The van der Waals surface area contributed by atoms with Crippen LogP contribution in [0.4, 0.5) is 11.6 Å². The van der Waals surface area contributed by atoms with E-state index in [9.17, 15) is 0 Å². The van der Waals surface area contributed by atoms with E-state index in [1.54, 1.807) is 12.4 Å². The highest BCUT2D eigenvalue weighted by Gasteiger charge is 2.12. The fraction of sp³-hybridized carbons (Fsp3) is 0.350. The number of hydrazone groups is 1. The van der Waals surface area contributed by atoms with Crippen LogP contribution in [0, 0.1) is 0 Å². The highest BCUT2D eigenvalue weighted by molar-refractivity contribution is 5.61. The Bertz CT molecular complexity index is 726. The van der Waals surface area contributed by atoms with Crippen molar-refractivity contribution < 1.29 is 0 Å². The Kier molecular flexibility index (Phi) is 6.28. The summed E-state index contributed by atoms with van der Waals surface area (Å²) in [4.78, 5) is 8.79. The molecule has 0 radical (unpaired) electrons. The van der Waals surface area contributed by atoms with E-state index in [2.05, 4.69) is 77.4 Å². The molecular weight excluding hydrogens is 310 g/mol. The second-order valence-electron chi connectivity index (χ2n) is 6.91. The normalized spacial score (nSPS) is 11.5. The average Bonchev–Trinajstić information content (AvgIpc) is 2.58. The molecule has 5 nitrogen and oxygen atoms in total. The second kappa shape index (κ2) is 8.42. The predicted molar refractivity (Wildman–Crippen MR) is 105 cm³/mol. The van der Waals surface area contributed by atoms with Gasteiger partial charge in [-0.25, -0.2) is 9.97 Å². The van der Waals surface area contributed by atoms with E-state index in [1.807, 2.05) is 13.0 Å². The number of allylic oxidation sites excluding steroid dienone is 1. The fourth-order valence-electron chi connectivity index (χ4n) is 2.11. The monoisotopic (exact) mass is 337 g/mol. The summed E-state index contributed by atoms with van der Waals surface area (Å²) in [5.74, 6) is 0.584. The van der Waals surface area contributed by atoms with E-state index in [0.717, 1.165) is 23.5 Å². The molecule has 2 rings (SSSR count). The van der Waals surface area contributed by atoms with Crippen molar-refractivity contribution in [3.05, 3.63) is 60.1 Å². The summed E-state index contributed by atoms with van der Waals surface area (Å²) in [7, 11) is 0. The molecule has 0 unspecified atom stereocenters. The number of nitrogens with one attached hydrogen (secondary N) is 2. The topological polar surface area (TPSA) is 62.2 Å². The third-order valence-electron chi connectivity index (χ3n) is 3.76. The molecule has 0 atom stereocenters. The summed E-state index contributed by atoms with van der Waals surface area (Å²) >= 11 is 0. The summed E-state index contributed by atoms with van der Waals surface area (Å²) in [5.41, 5.74) is 7.09. The van der Waals surface area contributed by atoms with Gasteiger partial charge in [-0.15, -0.1) is 0 Å². The molecule has 0 saturated carbocycles. The molecule has 1 heterocycles. The van der Waals surface area contributed by atoms with Crippen LogP contribution in [0.1, 0.15) is 45.4 Å². The highest BCUT2D eigenvalue weighted by atomic mass is 15.3. The Labute approximate surface area is 150 Å². The van der Waals surface area contributed by atoms with Crippen LogP contribution >= 0.6 is 0 Å². The van der Waals surface area contributed by atoms with Gasteiger partial charge in [0.25, 0.3) is 0 Å². The molecular formula is C20H27N5. The lowest BCUT2D eigenvalue weighted by atomic mass is 9.87. The van der Waals surface area contributed by atoms with E-state index in [1.165, 1.54) is 5.56 Å². The van der Waals surface area contributed by atoms with Crippen molar-refractivity contribution in [1.29, 1.82) is 0 Å². The van der Waals surface area contributed by atoms with Crippen LogP contribution in [0.15, 0.2) is 53.9 Å². The van der Waals surface area contributed by atoms with Crippen molar-refractivity contribution in [2.45, 2.75) is 46.0 Å². The van der Waals surface area contributed by atoms with Crippen LogP contribution in [-0.2, 0) is 11.8 Å². The Morgan fingerprint density at radius 1 is 1.20 bits per heavy atom. The van der Waals surface area contributed by atoms with Gasteiger partial charge in [0.15, 0.2) is 0 Å². The number of anilines is 2. The van der Waals surface area contributed by atoms with Crippen LogP contribution in [0.3, 0.4) is 0 Å². The molecule has 0 spiro atoms. The van der Waals surface area contributed by atoms with E-state index in [-0.39, 0.29) is 5.41 Å². The van der Waals surface area contributed by atoms with E-state index < -0.39 is 0 Å². The molecule has 25 heavy (non-hydrogen) atoms. The SMILES string of the molecule is C=C(CC)N/N=C\Cc1ccnc(Nc2ccc(C(C)(C)C)cc2)n1. The number of hydrogen-bond acceptors (Lipinski definition) is 5. The molecule has 0 fully saturated rings. The first-order valence-electron chi connectivity index (χ1n) is 8.53. The number of rotatable bonds is 7. The van der Waals surface area contributed by atoms with E-state index in [0.29, 0.717) is 12.4 Å². The summed E-state index contributed by atoms with van der Waals surface area (Å²) in [5, 5.41) is 7.37. The van der Waals surface area contributed by atoms with Gasteiger partial charge >= 0.3 is 0 Å². The lowest BCUT2D eigenvalue weighted by Crippen LogP contribution is -2.10. The Morgan fingerprint density at radius 2 is 1.92 bits per heavy atom. The number of nitrogens with zero attached hydrogens (tertiary/aromatic N) is 3. The van der Waals surface area contributed by atoms with Crippen LogP contribution in [-0.4, -0.2) is 16.2 Å². The molecule has 0 saturated heterocycles. The minimum absolute atomic E-state index is 0.144. The Balaban J connectivity index is 1.98. The predicted octanol–water partition coefficient (Wildman–Crippen LogP) is 4.56. The van der Waals surface area contributed by atoms with Gasteiger partial charge in [-0.2, -0.15) is 5.10 Å². The molecule has 2 aromatic rings. The summed E-state index contributed by atoms with van der Waals surface area (Å²) in [6.07, 6.45) is 5.02. The first kappa shape index (κ1) is 18.6. The molecule has 0 amide bonds. The van der Waals surface area contributed by atoms with Crippen LogP contribution in [0.2, 0.25) is 0 Å². The van der Waals surface area contributed by atoms with Gasteiger partial charge in [0.1, 0.15) is 0 Å². The van der Waals surface area contributed by atoms with Crippen LogP contribution in [0.25, 0.3) is 0 Å². The zero-order valence-corrected chi connectivity index (χ0v) is 15.5. The molecule has 0 aliphatic rings. The average molecular weight is 337 g/mol. The van der Waals surface area contributed by atoms with E-state index in [4.69, 9.17) is 0 Å². The lowest BCUT2D eigenvalue weighted by molar-refractivity contribution is 0.590. The van der Waals surface area contributed by atoms with Crippen molar-refractivity contribution in [1.82, 2.24) is 15.4 Å². The molecule has 132 valence electrons. The van der Waals surface area contributed by atoms with E-state index >= 15 is 0 Å². The second-order valence-corrected chi connectivity index (χ2v) is 6.91. The molecule has 0 bridgehead atoms. The molecule has 0 aliphatic heterocycles. The smallest absolute Gasteiger partial charge is 0.227 e. The number of aromatic nitrogens is 2. The van der Waals surface area contributed by atoms with Gasteiger partial charge < -0.3 is 5.32 Å². The third-order valence-corrected chi connectivity index (χ3v) is 3.76. The third kappa shape index (κ3) is 6.03. The van der Waals surface area contributed by atoms with Gasteiger partial charge in [0.05, 0.1) is 5.69 Å². The highest BCUT2D eigenvalue weighted by Crippen LogP contribution is 2.24. The molecule has 2 N–H and O–H groups in total. The van der Waals surface area contributed by atoms with Gasteiger partial charge in [-0.1, -0.05) is 46.4 Å². The van der Waals surface area contributed by atoms with Crippen molar-refractivity contribution >= 4 is 17.9 Å². The van der Waals surface area contributed by atoms with Crippen molar-refractivity contribution in [2.75, 3.05) is 5.32 Å². The summed E-state index contributed by atoms with van der Waals surface area (Å²) < 4.78 is 0. The Morgan fingerprint density at radius 3 is 2.56 bits per heavy atom. The van der Waals surface area contributed by atoms with Crippen LogP contribution in [0.5, 0.6) is 0 Å². The zero-order chi connectivity index (χ0) is 18.3. The minimum atomic E-state index is 0.144. The summed E-state index contributed by atoms with van der Waals surface area (Å²) in [6, 6.07) is 10.3.